The fraction of sp³-hybridized carbons (Fsp3) is 0.400. The number of benzene rings is 1. The lowest BCUT2D eigenvalue weighted by atomic mass is 10.1. The predicted molar refractivity (Wildman–Crippen MR) is 101 cm³/mol. The number of nitrogens with one attached hydrogen (secondary N) is 1. The standard InChI is InChI=1S/C20H23NO4S/c22-19(21-13-17-9-10-18(26-17)20(23)24)11-8-14-4-3-7-16(12-14)25-15-5-1-2-6-15/h3-4,7,9-10,12,15H,1-2,5-6,8,11,13H2,(H,21,22)(H,23,24). The molecule has 0 bridgehead atoms. The van der Waals surface area contributed by atoms with Gasteiger partial charge in [0.2, 0.25) is 5.91 Å². The molecule has 1 aromatic heterocycles. The Labute approximate surface area is 157 Å². The van der Waals surface area contributed by atoms with Crippen molar-refractivity contribution in [2.24, 2.45) is 0 Å². The summed E-state index contributed by atoms with van der Waals surface area (Å²) in [6, 6.07) is 11.3. The van der Waals surface area contributed by atoms with Crippen LogP contribution < -0.4 is 10.1 Å². The zero-order chi connectivity index (χ0) is 18.4. The zero-order valence-electron chi connectivity index (χ0n) is 14.6. The number of hydrogen-bond acceptors (Lipinski definition) is 4. The van der Waals surface area contributed by atoms with E-state index in [1.807, 2.05) is 24.3 Å². The van der Waals surface area contributed by atoms with Crippen molar-refractivity contribution in [3.05, 3.63) is 51.7 Å². The molecule has 26 heavy (non-hydrogen) atoms. The van der Waals surface area contributed by atoms with Gasteiger partial charge in [0, 0.05) is 11.3 Å². The van der Waals surface area contributed by atoms with Crippen molar-refractivity contribution in [2.45, 2.75) is 51.2 Å². The number of hydrogen-bond donors (Lipinski definition) is 2. The van der Waals surface area contributed by atoms with E-state index in [4.69, 9.17) is 9.84 Å². The Balaban J connectivity index is 1.44. The fourth-order valence-corrected chi connectivity index (χ4v) is 3.88. The monoisotopic (exact) mass is 373 g/mol. The first-order valence-electron chi connectivity index (χ1n) is 8.94. The van der Waals surface area contributed by atoms with Crippen LogP contribution in [0.2, 0.25) is 0 Å². The lowest BCUT2D eigenvalue weighted by molar-refractivity contribution is -0.121. The van der Waals surface area contributed by atoms with Crippen LogP contribution in [0.1, 0.15) is 52.2 Å². The van der Waals surface area contributed by atoms with Crippen molar-refractivity contribution in [1.82, 2.24) is 5.32 Å². The highest BCUT2D eigenvalue weighted by Crippen LogP contribution is 2.25. The molecule has 1 aromatic carbocycles. The quantitative estimate of drug-likeness (QED) is 0.733. The third-order valence-electron chi connectivity index (χ3n) is 4.48. The second kappa shape index (κ2) is 8.85. The number of carbonyl (C=O) groups is 2. The van der Waals surface area contributed by atoms with E-state index in [1.54, 1.807) is 12.1 Å². The van der Waals surface area contributed by atoms with Gasteiger partial charge in [0.05, 0.1) is 12.6 Å². The summed E-state index contributed by atoms with van der Waals surface area (Å²) in [5, 5.41) is 11.8. The van der Waals surface area contributed by atoms with Crippen LogP contribution in [0.15, 0.2) is 36.4 Å². The minimum Gasteiger partial charge on any atom is -0.490 e. The van der Waals surface area contributed by atoms with Crippen molar-refractivity contribution in [2.75, 3.05) is 0 Å². The van der Waals surface area contributed by atoms with Gasteiger partial charge in [-0.2, -0.15) is 0 Å². The van der Waals surface area contributed by atoms with E-state index in [-0.39, 0.29) is 10.8 Å². The maximum atomic E-state index is 12.0. The number of ether oxygens (including phenoxy) is 1. The van der Waals surface area contributed by atoms with Gasteiger partial charge in [-0.05, 0) is 61.9 Å². The van der Waals surface area contributed by atoms with Gasteiger partial charge in [-0.1, -0.05) is 12.1 Å². The third kappa shape index (κ3) is 5.33. The predicted octanol–water partition coefficient (Wildman–Crippen LogP) is 4.02. The Hall–Kier alpha value is -2.34. The molecule has 6 heteroatoms. The summed E-state index contributed by atoms with van der Waals surface area (Å²) in [5.74, 6) is -0.0979. The first-order chi connectivity index (χ1) is 12.6. The molecule has 5 nitrogen and oxygen atoms in total. The van der Waals surface area contributed by atoms with Crippen LogP contribution in [0.4, 0.5) is 0 Å². The molecule has 1 fully saturated rings. The summed E-state index contributed by atoms with van der Waals surface area (Å²) in [7, 11) is 0. The van der Waals surface area contributed by atoms with Crippen LogP contribution in [-0.4, -0.2) is 23.1 Å². The zero-order valence-corrected chi connectivity index (χ0v) is 15.4. The topological polar surface area (TPSA) is 75.6 Å². The van der Waals surface area contributed by atoms with Crippen molar-refractivity contribution >= 4 is 23.2 Å². The molecule has 2 aromatic rings. The summed E-state index contributed by atoms with van der Waals surface area (Å²) in [4.78, 5) is 24.0. The van der Waals surface area contributed by atoms with Crippen LogP contribution >= 0.6 is 11.3 Å². The van der Waals surface area contributed by atoms with Crippen LogP contribution in [0.5, 0.6) is 5.75 Å². The van der Waals surface area contributed by atoms with Gasteiger partial charge in [0.25, 0.3) is 0 Å². The Morgan fingerprint density at radius 3 is 2.73 bits per heavy atom. The van der Waals surface area contributed by atoms with Crippen LogP contribution in [0.25, 0.3) is 0 Å². The van der Waals surface area contributed by atoms with Crippen LogP contribution in [0, 0.1) is 0 Å². The van der Waals surface area contributed by atoms with Crippen molar-refractivity contribution < 1.29 is 19.4 Å². The van der Waals surface area contributed by atoms with E-state index in [0.717, 1.165) is 29.0 Å². The molecule has 0 aliphatic heterocycles. The first-order valence-corrected chi connectivity index (χ1v) is 9.76. The van der Waals surface area contributed by atoms with E-state index >= 15 is 0 Å². The number of aromatic carboxylic acids is 1. The lowest BCUT2D eigenvalue weighted by Crippen LogP contribution is -2.22. The molecule has 0 spiro atoms. The Bertz CT molecular complexity index is 765. The summed E-state index contributed by atoms with van der Waals surface area (Å²) in [6.45, 7) is 0.363. The molecule has 138 valence electrons. The van der Waals surface area contributed by atoms with Gasteiger partial charge in [-0.15, -0.1) is 11.3 Å². The SMILES string of the molecule is O=C(CCc1cccc(OC2CCCC2)c1)NCc1ccc(C(=O)O)s1. The number of carbonyl (C=O) groups excluding carboxylic acids is 1. The molecular weight excluding hydrogens is 350 g/mol. The molecular formula is C20H23NO4S. The van der Waals surface area contributed by atoms with Crippen molar-refractivity contribution in [3.63, 3.8) is 0 Å². The normalized spacial score (nSPS) is 14.3. The largest absolute Gasteiger partial charge is 0.490 e. The van der Waals surface area contributed by atoms with E-state index in [0.29, 0.717) is 25.5 Å². The van der Waals surface area contributed by atoms with Crippen LogP contribution in [0.3, 0.4) is 0 Å². The average molecular weight is 373 g/mol. The minimum atomic E-state index is -0.938. The second-order valence-corrected chi connectivity index (χ2v) is 7.69. The number of carboxylic acid groups (broad SMARTS) is 1. The Kier molecular flexibility index (Phi) is 6.28. The van der Waals surface area contributed by atoms with E-state index in [9.17, 15) is 9.59 Å². The molecule has 1 heterocycles. The van der Waals surface area contributed by atoms with E-state index in [1.165, 1.54) is 24.2 Å². The number of aryl methyl sites for hydroxylation is 1. The summed E-state index contributed by atoms with van der Waals surface area (Å²) in [5.41, 5.74) is 1.08. The Morgan fingerprint density at radius 2 is 2.00 bits per heavy atom. The lowest BCUT2D eigenvalue weighted by Gasteiger charge is -2.13. The van der Waals surface area contributed by atoms with Gasteiger partial charge in [0.15, 0.2) is 0 Å². The fourth-order valence-electron chi connectivity index (χ4n) is 3.09. The number of amides is 1. The van der Waals surface area contributed by atoms with Gasteiger partial charge in [-0.25, -0.2) is 4.79 Å². The highest BCUT2D eigenvalue weighted by atomic mass is 32.1. The number of carboxylic acids is 1. The molecule has 1 saturated carbocycles. The molecule has 3 rings (SSSR count). The summed E-state index contributed by atoms with van der Waals surface area (Å²) >= 11 is 1.18. The summed E-state index contributed by atoms with van der Waals surface area (Å²) in [6.07, 6.45) is 6.10. The number of rotatable bonds is 8. The minimum absolute atomic E-state index is 0.0441. The van der Waals surface area contributed by atoms with Gasteiger partial charge < -0.3 is 15.2 Å². The van der Waals surface area contributed by atoms with Gasteiger partial charge >= 0.3 is 5.97 Å². The van der Waals surface area contributed by atoms with Crippen molar-refractivity contribution in [1.29, 1.82) is 0 Å². The molecule has 0 radical (unpaired) electrons. The Morgan fingerprint density at radius 1 is 1.19 bits per heavy atom. The molecule has 0 saturated heterocycles. The van der Waals surface area contributed by atoms with E-state index in [2.05, 4.69) is 5.32 Å². The maximum absolute atomic E-state index is 12.0. The van der Waals surface area contributed by atoms with Gasteiger partial charge in [0.1, 0.15) is 10.6 Å². The van der Waals surface area contributed by atoms with Gasteiger partial charge in [-0.3, -0.25) is 4.79 Å². The van der Waals surface area contributed by atoms with Crippen LogP contribution in [-0.2, 0) is 17.8 Å². The summed E-state index contributed by atoms with van der Waals surface area (Å²) < 4.78 is 6.00. The molecule has 0 atom stereocenters. The molecule has 0 unspecified atom stereocenters. The average Bonchev–Trinajstić information content (AvgIpc) is 3.30. The second-order valence-electron chi connectivity index (χ2n) is 6.52. The van der Waals surface area contributed by atoms with Crippen molar-refractivity contribution in [3.8, 4) is 5.75 Å². The molecule has 1 amide bonds. The highest BCUT2D eigenvalue weighted by molar-refractivity contribution is 7.13. The first kappa shape index (κ1) is 18.5. The molecule has 1 aliphatic carbocycles. The smallest absolute Gasteiger partial charge is 0.345 e. The maximum Gasteiger partial charge on any atom is 0.345 e. The molecule has 2 N–H and O–H groups in total. The number of thiophene rings is 1. The van der Waals surface area contributed by atoms with E-state index < -0.39 is 5.97 Å². The molecule has 1 aliphatic rings. The highest BCUT2D eigenvalue weighted by Gasteiger charge is 2.16. The third-order valence-corrected chi connectivity index (χ3v) is 5.55.